The Balaban J connectivity index is 1.77. The first-order chi connectivity index (χ1) is 10.1. The van der Waals surface area contributed by atoms with Crippen molar-refractivity contribution in [3.8, 4) is 5.75 Å². The molecular weight excluding hydrogens is 266 g/mol. The molecule has 1 aromatic rings. The summed E-state index contributed by atoms with van der Waals surface area (Å²) in [5.41, 5.74) is 8.53. The number of nitrogens with zero attached hydrogens (tertiary/aromatic N) is 1. The summed E-state index contributed by atoms with van der Waals surface area (Å²) in [7, 11) is 2.07. The number of benzene rings is 1. The minimum atomic E-state index is -0.117. The van der Waals surface area contributed by atoms with E-state index in [0.717, 1.165) is 18.2 Å². The van der Waals surface area contributed by atoms with E-state index in [0.29, 0.717) is 17.1 Å². The fourth-order valence-electron chi connectivity index (χ4n) is 3.32. The largest absolute Gasteiger partial charge is 0.482 e. The molecule has 1 saturated carbocycles. The molecule has 1 fully saturated rings. The van der Waals surface area contributed by atoms with Crippen LogP contribution in [0.25, 0.3) is 0 Å². The molecule has 2 aliphatic rings. The van der Waals surface area contributed by atoms with Crippen LogP contribution in [-0.2, 0) is 4.79 Å². The third kappa shape index (κ3) is 3.06. The van der Waals surface area contributed by atoms with Crippen molar-refractivity contribution in [2.24, 2.45) is 5.92 Å². The molecule has 5 nitrogen and oxygen atoms in total. The number of amides is 1. The van der Waals surface area contributed by atoms with Gasteiger partial charge in [-0.25, -0.2) is 0 Å². The summed E-state index contributed by atoms with van der Waals surface area (Å²) in [5.74, 6) is 1.28. The number of nitrogen functional groups attached to an aromatic ring is 1. The number of anilines is 3. The Labute approximate surface area is 125 Å². The number of rotatable bonds is 3. The molecule has 5 heteroatoms. The lowest BCUT2D eigenvalue weighted by Crippen LogP contribution is -2.29. The normalized spacial score (nSPS) is 18.6. The fraction of sp³-hybridized carbons (Fsp3) is 0.562. The SMILES string of the molecule is CN(CC1CCCCC1)c1cc2c(cc1N)OCC(=O)N2. The number of ether oxygens (including phenoxy) is 1. The van der Waals surface area contributed by atoms with Gasteiger partial charge in [0.05, 0.1) is 17.1 Å². The van der Waals surface area contributed by atoms with Crippen molar-refractivity contribution in [1.29, 1.82) is 0 Å². The van der Waals surface area contributed by atoms with Crippen LogP contribution in [0.15, 0.2) is 12.1 Å². The minimum absolute atomic E-state index is 0.0592. The lowest BCUT2D eigenvalue weighted by Gasteiger charge is -2.30. The van der Waals surface area contributed by atoms with E-state index in [1.807, 2.05) is 12.1 Å². The molecule has 0 saturated heterocycles. The number of carbonyl (C=O) groups excluding carboxylic acids is 1. The average molecular weight is 289 g/mol. The molecule has 1 amide bonds. The standard InChI is InChI=1S/C16H23N3O2/c1-19(9-11-5-3-2-4-6-11)14-8-13-15(7-12(14)17)21-10-16(20)18-13/h7-8,11H,2-6,9-10,17H2,1H3,(H,18,20). The highest BCUT2D eigenvalue weighted by atomic mass is 16.5. The van der Waals surface area contributed by atoms with Crippen molar-refractivity contribution in [3.63, 3.8) is 0 Å². The van der Waals surface area contributed by atoms with Crippen molar-refractivity contribution >= 4 is 23.0 Å². The van der Waals surface area contributed by atoms with Crippen LogP contribution < -0.4 is 20.7 Å². The van der Waals surface area contributed by atoms with Gasteiger partial charge in [0.25, 0.3) is 5.91 Å². The third-order valence-electron chi connectivity index (χ3n) is 4.43. The maximum Gasteiger partial charge on any atom is 0.262 e. The van der Waals surface area contributed by atoms with Gasteiger partial charge in [0.1, 0.15) is 5.75 Å². The van der Waals surface area contributed by atoms with Gasteiger partial charge in [-0.15, -0.1) is 0 Å². The number of nitrogens with one attached hydrogen (secondary N) is 1. The summed E-state index contributed by atoms with van der Waals surface area (Å²) in [6, 6.07) is 3.73. The van der Waals surface area contributed by atoms with Crippen LogP contribution >= 0.6 is 0 Å². The molecule has 0 unspecified atom stereocenters. The summed E-state index contributed by atoms with van der Waals surface area (Å²) < 4.78 is 5.39. The molecule has 0 bridgehead atoms. The zero-order valence-corrected chi connectivity index (χ0v) is 12.5. The molecule has 114 valence electrons. The second-order valence-corrected chi connectivity index (χ2v) is 6.13. The van der Waals surface area contributed by atoms with Crippen LogP contribution in [0.2, 0.25) is 0 Å². The number of carbonyl (C=O) groups is 1. The Kier molecular flexibility index (Phi) is 3.90. The van der Waals surface area contributed by atoms with Crippen LogP contribution in [0.4, 0.5) is 17.1 Å². The zero-order chi connectivity index (χ0) is 14.8. The molecule has 1 heterocycles. The van der Waals surface area contributed by atoms with Gasteiger partial charge in [-0.1, -0.05) is 19.3 Å². The molecule has 21 heavy (non-hydrogen) atoms. The minimum Gasteiger partial charge on any atom is -0.482 e. The van der Waals surface area contributed by atoms with Gasteiger partial charge in [-0.2, -0.15) is 0 Å². The van der Waals surface area contributed by atoms with E-state index in [-0.39, 0.29) is 12.5 Å². The number of nitrogens with two attached hydrogens (primary N) is 1. The molecule has 0 aromatic heterocycles. The first-order valence-electron chi connectivity index (χ1n) is 7.71. The summed E-state index contributed by atoms with van der Waals surface area (Å²) in [6.07, 6.45) is 6.64. The smallest absolute Gasteiger partial charge is 0.262 e. The predicted octanol–water partition coefficient (Wildman–Crippen LogP) is 2.62. The molecule has 3 N–H and O–H groups in total. The molecular formula is C16H23N3O2. The highest BCUT2D eigenvalue weighted by Crippen LogP contribution is 2.37. The predicted molar refractivity (Wildman–Crippen MR) is 84.8 cm³/mol. The molecule has 0 atom stereocenters. The van der Waals surface area contributed by atoms with E-state index in [1.165, 1.54) is 32.1 Å². The van der Waals surface area contributed by atoms with Crippen LogP contribution in [-0.4, -0.2) is 26.1 Å². The first-order valence-corrected chi connectivity index (χ1v) is 7.71. The topological polar surface area (TPSA) is 67.6 Å². The zero-order valence-electron chi connectivity index (χ0n) is 12.5. The van der Waals surface area contributed by atoms with Crippen molar-refractivity contribution in [2.75, 3.05) is 36.1 Å². The molecule has 1 aliphatic heterocycles. The Morgan fingerprint density at radius 2 is 2.10 bits per heavy atom. The average Bonchev–Trinajstić information content (AvgIpc) is 2.48. The first kappa shape index (κ1) is 14.0. The Morgan fingerprint density at radius 1 is 1.33 bits per heavy atom. The Bertz CT molecular complexity index is 539. The van der Waals surface area contributed by atoms with E-state index in [1.54, 1.807) is 0 Å². The maximum atomic E-state index is 11.4. The van der Waals surface area contributed by atoms with E-state index >= 15 is 0 Å². The summed E-state index contributed by atoms with van der Waals surface area (Å²) in [4.78, 5) is 13.6. The van der Waals surface area contributed by atoms with Crippen molar-refractivity contribution in [2.45, 2.75) is 32.1 Å². The van der Waals surface area contributed by atoms with E-state index < -0.39 is 0 Å². The number of hydrogen-bond donors (Lipinski definition) is 2. The monoisotopic (exact) mass is 289 g/mol. The summed E-state index contributed by atoms with van der Waals surface area (Å²) in [5, 5.41) is 2.84. The van der Waals surface area contributed by atoms with Gasteiger partial charge >= 0.3 is 0 Å². The number of hydrogen-bond acceptors (Lipinski definition) is 4. The van der Waals surface area contributed by atoms with Gasteiger partial charge in [0.2, 0.25) is 0 Å². The summed E-state index contributed by atoms with van der Waals surface area (Å²) >= 11 is 0. The van der Waals surface area contributed by atoms with Crippen molar-refractivity contribution in [1.82, 2.24) is 0 Å². The van der Waals surface area contributed by atoms with Gasteiger partial charge in [0, 0.05) is 19.7 Å². The van der Waals surface area contributed by atoms with Crippen LogP contribution in [0.3, 0.4) is 0 Å². The molecule has 0 spiro atoms. The Hall–Kier alpha value is -1.91. The third-order valence-corrected chi connectivity index (χ3v) is 4.43. The fourth-order valence-corrected chi connectivity index (χ4v) is 3.32. The lowest BCUT2D eigenvalue weighted by atomic mass is 9.89. The quantitative estimate of drug-likeness (QED) is 0.839. The van der Waals surface area contributed by atoms with E-state index in [2.05, 4.69) is 17.3 Å². The molecule has 1 aromatic carbocycles. The molecule has 1 aliphatic carbocycles. The van der Waals surface area contributed by atoms with Crippen LogP contribution in [0.1, 0.15) is 32.1 Å². The lowest BCUT2D eigenvalue weighted by molar-refractivity contribution is -0.118. The highest BCUT2D eigenvalue weighted by Gasteiger charge is 2.21. The number of fused-ring (bicyclic) bond motifs is 1. The van der Waals surface area contributed by atoms with Crippen LogP contribution in [0, 0.1) is 5.92 Å². The maximum absolute atomic E-state index is 11.4. The summed E-state index contributed by atoms with van der Waals surface area (Å²) in [6.45, 7) is 1.07. The van der Waals surface area contributed by atoms with Gasteiger partial charge in [-0.05, 0) is 24.8 Å². The second kappa shape index (κ2) is 5.84. The van der Waals surface area contributed by atoms with Crippen LogP contribution in [0.5, 0.6) is 5.75 Å². The van der Waals surface area contributed by atoms with Gasteiger partial charge in [-0.3, -0.25) is 4.79 Å². The van der Waals surface area contributed by atoms with Gasteiger partial charge < -0.3 is 20.7 Å². The Morgan fingerprint density at radius 3 is 2.86 bits per heavy atom. The van der Waals surface area contributed by atoms with Crippen molar-refractivity contribution in [3.05, 3.63) is 12.1 Å². The molecule has 0 radical (unpaired) electrons. The van der Waals surface area contributed by atoms with E-state index in [9.17, 15) is 4.79 Å². The van der Waals surface area contributed by atoms with E-state index in [4.69, 9.17) is 10.5 Å². The van der Waals surface area contributed by atoms with Crippen molar-refractivity contribution < 1.29 is 9.53 Å². The second-order valence-electron chi connectivity index (χ2n) is 6.13. The molecule has 3 rings (SSSR count). The highest BCUT2D eigenvalue weighted by molar-refractivity contribution is 5.97. The van der Waals surface area contributed by atoms with Gasteiger partial charge in [0.15, 0.2) is 6.61 Å².